The monoisotopic (exact) mass is 255 g/mol. The van der Waals surface area contributed by atoms with Gasteiger partial charge >= 0.3 is 11.8 Å². The zero-order chi connectivity index (χ0) is 13.5. The summed E-state index contributed by atoms with van der Waals surface area (Å²) in [6.07, 6.45) is -0.516. The zero-order valence-corrected chi connectivity index (χ0v) is 9.42. The smallest absolute Gasteiger partial charge is 0.404 e. The van der Waals surface area contributed by atoms with Crippen LogP contribution < -0.4 is 16.4 Å². The summed E-state index contributed by atoms with van der Waals surface area (Å²) in [5.74, 6) is 0.252. The predicted molar refractivity (Wildman–Crippen MR) is 64.4 cm³/mol. The summed E-state index contributed by atoms with van der Waals surface area (Å²) >= 11 is 0. The highest BCUT2D eigenvalue weighted by atomic mass is 16.6. The quantitative estimate of drug-likeness (QED) is 0.331. The Balaban J connectivity index is 2.42. The molecule has 18 heavy (non-hydrogen) atoms. The van der Waals surface area contributed by atoms with Gasteiger partial charge in [-0.15, -0.1) is 0 Å². The highest BCUT2D eigenvalue weighted by Crippen LogP contribution is 2.20. The Morgan fingerprint density at radius 1 is 1.50 bits per heavy atom. The van der Waals surface area contributed by atoms with E-state index in [0.29, 0.717) is 25.3 Å². The molecule has 5 N–H and O–H groups in total. The number of hydrogen-bond donors (Lipinski definition) is 4. The second kappa shape index (κ2) is 6.23. The minimum Gasteiger partial charge on any atom is -0.465 e. The van der Waals surface area contributed by atoms with Crippen LogP contribution in [0.3, 0.4) is 0 Å². The molecule has 98 valence electrons. The van der Waals surface area contributed by atoms with Crippen molar-refractivity contribution in [2.75, 3.05) is 24.1 Å². The first-order chi connectivity index (χ1) is 8.50. The van der Waals surface area contributed by atoms with E-state index in [2.05, 4.69) is 15.6 Å². The number of nitrogens with zero attached hydrogens (tertiary/aromatic N) is 2. The van der Waals surface area contributed by atoms with E-state index in [1.165, 1.54) is 12.1 Å². The van der Waals surface area contributed by atoms with E-state index in [0.717, 1.165) is 0 Å². The first-order valence-electron chi connectivity index (χ1n) is 5.12. The molecule has 0 aliphatic carbocycles. The number of pyridine rings is 1. The van der Waals surface area contributed by atoms with Crippen LogP contribution in [0.1, 0.15) is 6.42 Å². The molecule has 9 nitrogen and oxygen atoms in total. The lowest BCUT2D eigenvalue weighted by Crippen LogP contribution is -2.23. The van der Waals surface area contributed by atoms with Gasteiger partial charge in [-0.05, 0) is 12.5 Å². The average Bonchev–Trinajstić information content (AvgIpc) is 2.27. The maximum absolute atomic E-state index is 10.5. The van der Waals surface area contributed by atoms with Gasteiger partial charge in [0.05, 0.1) is 4.92 Å². The number of nitro groups is 1. The Morgan fingerprint density at radius 2 is 2.22 bits per heavy atom. The molecule has 0 atom stereocenters. The maximum Gasteiger partial charge on any atom is 0.404 e. The molecule has 1 heterocycles. The largest absolute Gasteiger partial charge is 0.465 e. The fourth-order valence-corrected chi connectivity index (χ4v) is 1.22. The maximum atomic E-state index is 10.5. The lowest BCUT2D eigenvalue weighted by molar-refractivity contribution is -0.384. The van der Waals surface area contributed by atoms with E-state index in [1.54, 1.807) is 0 Å². The molecule has 1 aromatic heterocycles. The molecule has 0 unspecified atom stereocenters. The number of carboxylic acid groups (broad SMARTS) is 1. The van der Waals surface area contributed by atoms with E-state index in [9.17, 15) is 14.9 Å². The van der Waals surface area contributed by atoms with Crippen molar-refractivity contribution in [3.63, 3.8) is 0 Å². The Labute approximate surface area is 102 Å². The molecule has 0 bridgehead atoms. The highest BCUT2D eigenvalue weighted by Gasteiger charge is 2.12. The van der Waals surface area contributed by atoms with Gasteiger partial charge in [0.2, 0.25) is 5.82 Å². The molecule has 0 aromatic carbocycles. The minimum atomic E-state index is -1.08. The average molecular weight is 255 g/mol. The summed E-state index contributed by atoms with van der Waals surface area (Å²) < 4.78 is 0. The van der Waals surface area contributed by atoms with Crippen LogP contribution in [-0.4, -0.2) is 34.2 Å². The Bertz CT molecular complexity index is 451. The Hall–Kier alpha value is -2.58. The van der Waals surface area contributed by atoms with Crippen molar-refractivity contribution in [2.45, 2.75) is 6.42 Å². The van der Waals surface area contributed by atoms with Crippen molar-refractivity contribution >= 4 is 23.4 Å². The third-order valence-electron chi connectivity index (χ3n) is 2.04. The van der Waals surface area contributed by atoms with Gasteiger partial charge in [-0.25, -0.2) is 9.78 Å². The van der Waals surface area contributed by atoms with Gasteiger partial charge in [0.25, 0.3) is 0 Å². The normalized spacial score (nSPS) is 9.78. The fraction of sp³-hybridized carbons (Fsp3) is 0.333. The molecule has 1 aromatic rings. The molecule has 1 rings (SSSR count). The van der Waals surface area contributed by atoms with Gasteiger partial charge in [0, 0.05) is 19.2 Å². The van der Waals surface area contributed by atoms with Crippen LogP contribution in [-0.2, 0) is 0 Å². The van der Waals surface area contributed by atoms with E-state index >= 15 is 0 Å². The number of hydrogen-bond acceptors (Lipinski definition) is 6. The first-order valence-corrected chi connectivity index (χ1v) is 5.12. The molecular weight excluding hydrogens is 242 g/mol. The zero-order valence-electron chi connectivity index (χ0n) is 9.42. The Morgan fingerprint density at radius 3 is 2.78 bits per heavy atom. The van der Waals surface area contributed by atoms with E-state index < -0.39 is 11.0 Å². The molecule has 9 heteroatoms. The van der Waals surface area contributed by atoms with Gasteiger partial charge < -0.3 is 21.5 Å². The number of carbonyl (C=O) groups is 1. The van der Waals surface area contributed by atoms with Crippen LogP contribution in [0.5, 0.6) is 0 Å². The van der Waals surface area contributed by atoms with Gasteiger partial charge in [-0.1, -0.05) is 0 Å². The number of anilines is 2. The Kier molecular flexibility index (Phi) is 4.67. The standard InChI is InChI=1S/C9H13N5O4/c10-8-6(14(17)18)2-3-7(13-8)11-4-1-5-12-9(15)16/h2-3,12H,1,4-5H2,(H,15,16)(H3,10,11,13). The van der Waals surface area contributed by atoms with E-state index in [-0.39, 0.29) is 11.5 Å². The van der Waals surface area contributed by atoms with E-state index in [1.807, 2.05) is 0 Å². The molecule has 0 aliphatic rings. The number of aromatic nitrogens is 1. The number of rotatable bonds is 6. The number of nitrogens with two attached hydrogens (primary N) is 1. The van der Waals surface area contributed by atoms with Crippen molar-refractivity contribution in [3.05, 3.63) is 22.2 Å². The third-order valence-corrected chi connectivity index (χ3v) is 2.04. The van der Waals surface area contributed by atoms with Gasteiger partial charge in [-0.3, -0.25) is 10.1 Å². The van der Waals surface area contributed by atoms with Gasteiger partial charge in [-0.2, -0.15) is 0 Å². The summed E-state index contributed by atoms with van der Waals surface area (Å²) in [5, 5.41) is 23.9. The molecule has 0 saturated heterocycles. The van der Waals surface area contributed by atoms with Gasteiger partial charge in [0.1, 0.15) is 5.82 Å². The van der Waals surface area contributed by atoms with Crippen LogP contribution in [0.25, 0.3) is 0 Å². The second-order valence-corrected chi connectivity index (χ2v) is 3.37. The lowest BCUT2D eigenvalue weighted by Gasteiger charge is -2.06. The predicted octanol–water partition coefficient (Wildman–Crippen LogP) is 0.642. The SMILES string of the molecule is Nc1nc(NCCCNC(=O)O)ccc1[N+](=O)[O-]. The number of nitrogens with one attached hydrogen (secondary N) is 2. The second-order valence-electron chi connectivity index (χ2n) is 3.37. The molecule has 0 fully saturated rings. The number of nitrogen functional groups attached to an aromatic ring is 1. The van der Waals surface area contributed by atoms with Gasteiger partial charge in [0.15, 0.2) is 0 Å². The van der Waals surface area contributed by atoms with Crippen LogP contribution in [0.2, 0.25) is 0 Å². The summed E-state index contributed by atoms with van der Waals surface area (Å²) in [4.78, 5) is 23.9. The topological polar surface area (TPSA) is 143 Å². The van der Waals surface area contributed by atoms with Crippen molar-refractivity contribution in [1.82, 2.24) is 10.3 Å². The van der Waals surface area contributed by atoms with Crippen molar-refractivity contribution in [1.29, 1.82) is 0 Å². The summed E-state index contributed by atoms with van der Waals surface area (Å²) in [7, 11) is 0. The molecule has 0 saturated carbocycles. The van der Waals surface area contributed by atoms with Crippen LogP contribution in [0.4, 0.5) is 22.1 Å². The molecule has 0 radical (unpaired) electrons. The highest BCUT2D eigenvalue weighted by molar-refractivity contribution is 5.64. The van der Waals surface area contributed by atoms with Crippen LogP contribution in [0.15, 0.2) is 12.1 Å². The summed E-state index contributed by atoms with van der Waals surface area (Å²) in [5.41, 5.74) is 5.17. The summed E-state index contributed by atoms with van der Waals surface area (Å²) in [6, 6.07) is 2.71. The molecule has 1 amide bonds. The van der Waals surface area contributed by atoms with Crippen molar-refractivity contribution in [3.8, 4) is 0 Å². The lowest BCUT2D eigenvalue weighted by atomic mass is 10.3. The molecule has 0 spiro atoms. The third kappa shape index (κ3) is 4.12. The molecule has 0 aliphatic heterocycles. The molecular formula is C9H13N5O4. The van der Waals surface area contributed by atoms with Crippen molar-refractivity contribution in [2.24, 2.45) is 0 Å². The van der Waals surface area contributed by atoms with E-state index in [4.69, 9.17) is 10.8 Å². The van der Waals surface area contributed by atoms with Crippen LogP contribution in [0, 0.1) is 10.1 Å². The van der Waals surface area contributed by atoms with Crippen molar-refractivity contribution < 1.29 is 14.8 Å². The minimum absolute atomic E-state index is 0.159. The fourth-order valence-electron chi connectivity index (χ4n) is 1.22. The number of amides is 1. The summed E-state index contributed by atoms with van der Waals surface area (Å²) in [6.45, 7) is 0.787. The first kappa shape index (κ1) is 13.5. The van der Waals surface area contributed by atoms with Crippen LogP contribution >= 0.6 is 0 Å².